The lowest BCUT2D eigenvalue weighted by atomic mass is 10.2. The summed E-state index contributed by atoms with van der Waals surface area (Å²) in [4.78, 5) is 12.9. The number of aromatic nitrogens is 3. The molecular formula is C14H12N4. The number of aryl methyl sites for hydroxylation is 1. The first-order chi connectivity index (χ1) is 8.83. The van der Waals surface area contributed by atoms with Crippen LogP contribution >= 0.6 is 0 Å². The highest BCUT2D eigenvalue weighted by Crippen LogP contribution is 2.22. The average molecular weight is 236 g/mol. The molecular weight excluding hydrogens is 224 g/mol. The predicted octanol–water partition coefficient (Wildman–Crippen LogP) is 3.08. The number of hydrogen-bond acceptors (Lipinski definition) is 4. The first-order valence-corrected chi connectivity index (χ1v) is 5.73. The third kappa shape index (κ3) is 2.00. The van der Waals surface area contributed by atoms with E-state index in [-0.39, 0.29) is 0 Å². The molecule has 0 aliphatic heterocycles. The van der Waals surface area contributed by atoms with Crippen molar-refractivity contribution in [3.05, 3.63) is 54.6 Å². The van der Waals surface area contributed by atoms with Gasteiger partial charge < -0.3 is 5.32 Å². The quantitative estimate of drug-likeness (QED) is 0.742. The molecule has 88 valence electrons. The van der Waals surface area contributed by atoms with E-state index in [4.69, 9.17) is 0 Å². The normalized spacial score (nSPS) is 10.5. The fourth-order valence-corrected chi connectivity index (χ4v) is 1.84. The first-order valence-electron chi connectivity index (χ1n) is 5.73. The molecule has 0 unspecified atom stereocenters. The van der Waals surface area contributed by atoms with Crippen LogP contribution in [-0.4, -0.2) is 15.0 Å². The van der Waals surface area contributed by atoms with Gasteiger partial charge in [-0.3, -0.25) is 4.98 Å². The Morgan fingerprint density at radius 2 is 1.83 bits per heavy atom. The lowest BCUT2D eigenvalue weighted by Gasteiger charge is -2.08. The number of nitrogens with one attached hydrogen (secondary N) is 1. The lowest BCUT2D eigenvalue weighted by molar-refractivity contribution is 1.09. The van der Waals surface area contributed by atoms with Gasteiger partial charge in [0.1, 0.15) is 11.6 Å². The fourth-order valence-electron chi connectivity index (χ4n) is 1.84. The van der Waals surface area contributed by atoms with E-state index in [0.29, 0.717) is 0 Å². The Kier molecular flexibility index (Phi) is 2.61. The summed E-state index contributed by atoms with van der Waals surface area (Å²) in [5.74, 6) is 1.53. The average Bonchev–Trinajstić information content (AvgIpc) is 2.40. The molecule has 0 saturated carbocycles. The summed E-state index contributed by atoms with van der Waals surface area (Å²) >= 11 is 0. The molecule has 0 bridgehead atoms. The molecule has 0 aliphatic carbocycles. The van der Waals surface area contributed by atoms with E-state index in [1.807, 2.05) is 43.3 Å². The van der Waals surface area contributed by atoms with Crippen molar-refractivity contribution in [2.45, 2.75) is 6.92 Å². The van der Waals surface area contributed by atoms with Crippen molar-refractivity contribution in [3.8, 4) is 0 Å². The molecule has 0 fully saturated rings. The van der Waals surface area contributed by atoms with Crippen LogP contribution in [-0.2, 0) is 0 Å². The van der Waals surface area contributed by atoms with Crippen LogP contribution in [0, 0.1) is 6.92 Å². The van der Waals surface area contributed by atoms with E-state index in [2.05, 4.69) is 20.3 Å². The minimum atomic E-state index is 0.743. The summed E-state index contributed by atoms with van der Waals surface area (Å²) < 4.78 is 0. The molecule has 0 aliphatic rings. The zero-order valence-electron chi connectivity index (χ0n) is 9.96. The van der Waals surface area contributed by atoms with Gasteiger partial charge in [-0.1, -0.05) is 18.2 Å². The second kappa shape index (κ2) is 4.41. The number of benzene rings is 1. The lowest BCUT2D eigenvalue weighted by Crippen LogP contribution is -1.99. The maximum Gasteiger partial charge on any atom is 0.143 e. The van der Waals surface area contributed by atoms with E-state index in [1.165, 1.54) is 0 Å². The van der Waals surface area contributed by atoms with E-state index in [9.17, 15) is 0 Å². The molecule has 0 spiro atoms. The van der Waals surface area contributed by atoms with E-state index < -0.39 is 0 Å². The van der Waals surface area contributed by atoms with Gasteiger partial charge in [0.25, 0.3) is 0 Å². The maximum absolute atomic E-state index is 4.43. The number of anilines is 2. The van der Waals surface area contributed by atoms with Gasteiger partial charge in [0.2, 0.25) is 0 Å². The molecule has 1 aromatic carbocycles. The highest BCUT2D eigenvalue weighted by molar-refractivity contribution is 5.89. The number of nitrogens with zero attached hydrogens (tertiary/aromatic N) is 3. The Bertz CT molecular complexity index is 680. The summed E-state index contributed by atoms with van der Waals surface area (Å²) in [6, 6.07) is 11.8. The van der Waals surface area contributed by atoms with Gasteiger partial charge in [0.15, 0.2) is 0 Å². The van der Waals surface area contributed by atoms with Crippen molar-refractivity contribution in [2.75, 3.05) is 5.32 Å². The molecule has 0 radical (unpaired) electrons. The molecule has 2 heterocycles. The fraction of sp³-hybridized carbons (Fsp3) is 0.0714. The third-order valence-corrected chi connectivity index (χ3v) is 2.65. The number of rotatable bonds is 2. The summed E-state index contributed by atoms with van der Waals surface area (Å²) in [7, 11) is 0. The Morgan fingerprint density at radius 1 is 1.00 bits per heavy atom. The number of para-hydroxylation sites is 1. The second-order valence-electron chi connectivity index (χ2n) is 4.00. The second-order valence-corrected chi connectivity index (χ2v) is 4.00. The van der Waals surface area contributed by atoms with Gasteiger partial charge in [-0.2, -0.15) is 0 Å². The van der Waals surface area contributed by atoms with Crippen molar-refractivity contribution in [3.63, 3.8) is 0 Å². The summed E-state index contributed by atoms with van der Waals surface area (Å²) in [6.07, 6.45) is 3.51. The van der Waals surface area contributed by atoms with E-state index in [1.54, 1.807) is 12.4 Å². The monoisotopic (exact) mass is 236 g/mol. The summed E-state index contributed by atoms with van der Waals surface area (Å²) in [6.45, 7) is 1.88. The van der Waals surface area contributed by atoms with Crippen LogP contribution in [0.4, 0.5) is 11.5 Å². The van der Waals surface area contributed by atoms with Crippen LogP contribution < -0.4 is 5.32 Å². The van der Waals surface area contributed by atoms with Gasteiger partial charge in [0.05, 0.1) is 10.9 Å². The minimum Gasteiger partial charge on any atom is -0.340 e. The molecule has 2 aromatic heterocycles. The van der Waals surface area contributed by atoms with Crippen molar-refractivity contribution >= 4 is 22.4 Å². The highest BCUT2D eigenvalue weighted by Gasteiger charge is 2.05. The molecule has 1 N–H and O–H groups in total. The zero-order valence-corrected chi connectivity index (χ0v) is 9.96. The Hall–Kier alpha value is -2.49. The molecule has 0 saturated heterocycles. The molecule has 4 nitrogen and oxygen atoms in total. The summed E-state index contributed by atoms with van der Waals surface area (Å²) in [5.41, 5.74) is 1.90. The maximum atomic E-state index is 4.43. The van der Waals surface area contributed by atoms with Crippen molar-refractivity contribution < 1.29 is 0 Å². The van der Waals surface area contributed by atoms with Crippen LogP contribution in [0.5, 0.6) is 0 Å². The Balaban J connectivity index is 2.11. The van der Waals surface area contributed by atoms with Gasteiger partial charge in [0, 0.05) is 18.1 Å². The predicted molar refractivity (Wildman–Crippen MR) is 71.8 cm³/mol. The smallest absolute Gasteiger partial charge is 0.143 e. The summed E-state index contributed by atoms with van der Waals surface area (Å²) in [5, 5.41) is 4.22. The number of hydrogen-bond donors (Lipinski definition) is 1. The van der Waals surface area contributed by atoms with Crippen LogP contribution in [0.3, 0.4) is 0 Å². The number of fused-ring (bicyclic) bond motifs is 1. The van der Waals surface area contributed by atoms with E-state index >= 15 is 0 Å². The molecule has 0 atom stereocenters. The largest absolute Gasteiger partial charge is 0.340 e. The molecule has 18 heavy (non-hydrogen) atoms. The standard InChI is InChI=1S/C14H12N4/c1-10-16-13-7-8-15-9-12(13)14(17-10)18-11-5-3-2-4-6-11/h2-9H,1H3,(H,16,17,18). The highest BCUT2D eigenvalue weighted by atomic mass is 15.0. The van der Waals surface area contributed by atoms with Crippen LogP contribution in [0.2, 0.25) is 0 Å². The minimum absolute atomic E-state index is 0.743. The third-order valence-electron chi connectivity index (χ3n) is 2.65. The first kappa shape index (κ1) is 10.7. The molecule has 0 amide bonds. The van der Waals surface area contributed by atoms with Crippen molar-refractivity contribution in [1.82, 2.24) is 15.0 Å². The zero-order chi connectivity index (χ0) is 12.4. The van der Waals surface area contributed by atoms with Crippen LogP contribution in [0.15, 0.2) is 48.8 Å². The van der Waals surface area contributed by atoms with Gasteiger partial charge in [-0.25, -0.2) is 9.97 Å². The van der Waals surface area contributed by atoms with Crippen LogP contribution in [0.25, 0.3) is 10.9 Å². The molecule has 4 heteroatoms. The van der Waals surface area contributed by atoms with Crippen LogP contribution in [0.1, 0.15) is 5.82 Å². The Morgan fingerprint density at radius 3 is 2.67 bits per heavy atom. The van der Waals surface area contributed by atoms with Crippen molar-refractivity contribution in [2.24, 2.45) is 0 Å². The van der Waals surface area contributed by atoms with Gasteiger partial charge >= 0.3 is 0 Å². The van der Waals surface area contributed by atoms with E-state index in [0.717, 1.165) is 28.2 Å². The Labute approximate surface area is 105 Å². The molecule has 3 rings (SSSR count). The number of pyridine rings is 1. The van der Waals surface area contributed by atoms with Gasteiger partial charge in [-0.15, -0.1) is 0 Å². The topological polar surface area (TPSA) is 50.7 Å². The van der Waals surface area contributed by atoms with Crippen molar-refractivity contribution in [1.29, 1.82) is 0 Å². The SMILES string of the molecule is Cc1nc(Nc2ccccc2)c2cnccc2n1. The van der Waals surface area contributed by atoms with Gasteiger partial charge in [-0.05, 0) is 25.1 Å². The molecule has 3 aromatic rings.